The van der Waals surface area contributed by atoms with Gasteiger partial charge in [0.15, 0.2) is 52.6 Å². The number of carboxylic acids is 1. The van der Waals surface area contributed by atoms with Gasteiger partial charge in [0.25, 0.3) is 17.7 Å². The number of carboxylic acid groups (broad SMARTS) is 1. The van der Waals surface area contributed by atoms with Crippen molar-refractivity contribution < 1.29 is 93.5 Å². The van der Waals surface area contributed by atoms with E-state index < -0.39 is 161 Å². The molecule has 3 rings (SSSR count). The Labute approximate surface area is 361 Å². The van der Waals surface area contributed by atoms with Crippen molar-refractivity contribution in [3.63, 3.8) is 0 Å². The fourth-order valence-corrected chi connectivity index (χ4v) is 5.36. The summed E-state index contributed by atoms with van der Waals surface area (Å²) in [4.78, 5) is 115. The average molecular weight is 901 g/mol. The van der Waals surface area contributed by atoms with Crippen molar-refractivity contribution in [1.29, 1.82) is 0 Å². The number of carbonyl (C=O) groups excluding carboxylic acids is 8. The fraction of sp³-hybridized carbons (Fsp3) is 0.308. The van der Waals surface area contributed by atoms with Crippen LogP contribution in [0.15, 0.2) is 54.6 Å². The highest BCUT2D eigenvalue weighted by molar-refractivity contribution is 6.01. The molecule has 0 bridgehead atoms. The van der Waals surface area contributed by atoms with Crippen LogP contribution in [0, 0.1) is 0 Å². The second-order valence-electron chi connectivity index (χ2n) is 13.6. The minimum Gasteiger partial charge on any atom is -0.504 e. The summed E-state index contributed by atoms with van der Waals surface area (Å²) in [7, 11) is 0. The summed E-state index contributed by atoms with van der Waals surface area (Å²) in [6.07, 6.45) is -5.32. The molecular weight excluding hydrogens is 856 g/mol. The van der Waals surface area contributed by atoms with E-state index in [4.69, 9.17) is 9.47 Å². The molecule has 25 heteroatoms. The van der Waals surface area contributed by atoms with E-state index in [-0.39, 0.29) is 0 Å². The van der Waals surface area contributed by atoms with Gasteiger partial charge in [-0.1, -0.05) is 18.2 Å². The Morgan fingerprint density at radius 2 is 0.781 bits per heavy atom. The highest BCUT2D eigenvalue weighted by atomic mass is 16.6. The summed E-state index contributed by atoms with van der Waals surface area (Å²) in [6, 6.07) is 4.21. The molecule has 0 saturated heterocycles. The van der Waals surface area contributed by atoms with Gasteiger partial charge >= 0.3 is 17.9 Å². The molecule has 0 saturated carbocycles. The zero-order valence-electron chi connectivity index (χ0n) is 33.9. The van der Waals surface area contributed by atoms with Crippen molar-refractivity contribution in [2.24, 2.45) is 0 Å². The van der Waals surface area contributed by atoms with Gasteiger partial charge in [0, 0.05) is 0 Å². The van der Waals surface area contributed by atoms with Crippen LogP contribution in [0.1, 0.15) is 51.8 Å². The number of aliphatic carboxylic acids is 1. The maximum absolute atomic E-state index is 13.6. The first-order chi connectivity index (χ1) is 30.0. The number of benzene rings is 3. The number of aliphatic hydroxyl groups excluding tert-OH is 1. The van der Waals surface area contributed by atoms with Crippen LogP contribution in [0.3, 0.4) is 0 Å². The lowest BCUT2D eigenvalue weighted by Gasteiger charge is -2.29. The lowest BCUT2D eigenvalue weighted by Crippen LogP contribution is -2.57. The minimum atomic E-state index is -2.08. The van der Waals surface area contributed by atoms with Crippen LogP contribution in [0.2, 0.25) is 0 Å². The molecule has 0 spiro atoms. The van der Waals surface area contributed by atoms with Crippen molar-refractivity contribution in [1.82, 2.24) is 31.9 Å². The third-order valence-electron chi connectivity index (χ3n) is 8.76. The Bertz CT molecular complexity index is 2280. The van der Waals surface area contributed by atoms with Crippen molar-refractivity contribution in [3.05, 3.63) is 71.3 Å². The number of para-hydroxylation sites is 3. The lowest BCUT2D eigenvalue weighted by atomic mass is 10.1. The van der Waals surface area contributed by atoms with Crippen LogP contribution in [0.4, 0.5) is 0 Å². The molecule has 25 nitrogen and oxygen atoms in total. The molecule has 0 radical (unpaired) electrons. The highest BCUT2D eigenvalue weighted by Crippen LogP contribution is 2.29. The van der Waals surface area contributed by atoms with Gasteiger partial charge in [-0.15, -0.1) is 0 Å². The predicted molar refractivity (Wildman–Crippen MR) is 213 cm³/mol. The standard InChI is InChI=1S/C39H44N6O19/c1-16(46)28(43-25(50)13-40-34(56)19-7-4-10-22(47)31(19)53)38(61)64-18(3)30(45-27(52)15-42-36(58)21-9-6-12-24(49)33(21)55)39(62)63-17(2)29(37(59)60)44-26(51)14-41-35(57)20-8-5-11-23(48)32(20)54/h4-12,16-18,28-30,46-49,53-55H,13-15H2,1-3H3,(H,40,56)(H,41,57)(H,42,58)(H,43,50)(H,44,51)(H,45,52)(H,59,60)/t16-,17-,18-,28+,29+,30+/m1/s1. The Hall–Kier alpha value is -8.35. The van der Waals surface area contributed by atoms with E-state index in [2.05, 4.69) is 26.6 Å². The molecule has 0 fully saturated rings. The van der Waals surface area contributed by atoms with E-state index in [9.17, 15) is 84.0 Å². The topological polar surface area (TPSA) is 406 Å². The highest BCUT2D eigenvalue weighted by Gasteiger charge is 2.38. The number of carbonyl (C=O) groups is 9. The number of ether oxygens (including phenoxy) is 2. The van der Waals surface area contributed by atoms with Crippen LogP contribution < -0.4 is 31.9 Å². The van der Waals surface area contributed by atoms with E-state index >= 15 is 0 Å². The van der Waals surface area contributed by atoms with Gasteiger partial charge in [-0.2, -0.15) is 0 Å². The van der Waals surface area contributed by atoms with E-state index in [1.165, 1.54) is 18.2 Å². The molecule has 14 N–H and O–H groups in total. The molecule has 0 unspecified atom stereocenters. The zero-order chi connectivity index (χ0) is 48.0. The van der Waals surface area contributed by atoms with Gasteiger partial charge in [-0.3, -0.25) is 28.8 Å². The molecule has 6 atom stereocenters. The van der Waals surface area contributed by atoms with Gasteiger partial charge in [0.05, 0.1) is 42.4 Å². The molecule has 0 aliphatic carbocycles. The summed E-state index contributed by atoms with van der Waals surface area (Å²) < 4.78 is 10.5. The Morgan fingerprint density at radius 3 is 1.11 bits per heavy atom. The van der Waals surface area contributed by atoms with Crippen molar-refractivity contribution in [2.45, 2.75) is 57.2 Å². The number of hydrogen-bond acceptors (Lipinski definition) is 18. The quantitative estimate of drug-likeness (QED) is 0.0405. The number of phenolic OH excluding ortho intramolecular Hbond substituents is 6. The van der Waals surface area contributed by atoms with Crippen LogP contribution in [0.5, 0.6) is 34.5 Å². The van der Waals surface area contributed by atoms with E-state index in [1.807, 2.05) is 5.32 Å². The fourth-order valence-electron chi connectivity index (χ4n) is 5.36. The van der Waals surface area contributed by atoms with Gasteiger partial charge in [-0.25, -0.2) is 14.4 Å². The summed E-state index contributed by atoms with van der Waals surface area (Å²) in [5.41, 5.74) is -1.29. The number of amides is 6. The number of phenols is 6. The average Bonchev–Trinajstić information content (AvgIpc) is 3.23. The lowest BCUT2D eigenvalue weighted by molar-refractivity contribution is -0.167. The minimum absolute atomic E-state index is 0.409. The number of aromatic hydroxyl groups is 6. The van der Waals surface area contributed by atoms with Crippen molar-refractivity contribution in [2.75, 3.05) is 19.6 Å². The summed E-state index contributed by atoms with van der Waals surface area (Å²) in [6.45, 7) is 0.396. The third kappa shape index (κ3) is 13.6. The van der Waals surface area contributed by atoms with Gasteiger partial charge in [0.1, 0.15) is 12.2 Å². The number of rotatable bonds is 20. The van der Waals surface area contributed by atoms with Crippen molar-refractivity contribution >= 4 is 53.4 Å². The van der Waals surface area contributed by atoms with Gasteiger partial charge in [-0.05, 0) is 57.2 Å². The first kappa shape index (κ1) is 50.0. The molecule has 0 aliphatic rings. The molecule has 3 aromatic carbocycles. The number of aliphatic hydroxyl groups is 1. The molecule has 64 heavy (non-hydrogen) atoms. The van der Waals surface area contributed by atoms with Gasteiger partial charge < -0.3 is 82.2 Å². The normalized spacial score (nSPS) is 13.5. The molecule has 6 amide bonds. The zero-order valence-corrected chi connectivity index (χ0v) is 33.9. The van der Waals surface area contributed by atoms with Crippen LogP contribution in [-0.4, -0.2) is 150 Å². The van der Waals surface area contributed by atoms with Crippen LogP contribution in [0.25, 0.3) is 0 Å². The summed E-state index contributed by atoms with van der Waals surface area (Å²) in [5, 5.41) is 91.5. The first-order valence-corrected chi connectivity index (χ1v) is 18.6. The number of esters is 2. The van der Waals surface area contributed by atoms with Crippen LogP contribution in [-0.2, 0) is 38.2 Å². The summed E-state index contributed by atoms with van der Waals surface area (Å²) >= 11 is 0. The second-order valence-corrected chi connectivity index (χ2v) is 13.6. The molecule has 344 valence electrons. The molecule has 0 aliphatic heterocycles. The van der Waals surface area contributed by atoms with Gasteiger partial charge in [0.2, 0.25) is 17.7 Å². The smallest absolute Gasteiger partial charge is 0.332 e. The predicted octanol–water partition coefficient (Wildman–Crippen LogP) is -2.71. The number of hydrogen-bond donors (Lipinski definition) is 14. The Balaban J connectivity index is 1.76. The Kier molecular flexibility index (Phi) is 17.6. The van der Waals surface area contributed by atoms with Crippen LogP contribution >= 0.6 is 0 Å². The molecule has 3 aromatic rings. The van der Waals surface area contributed by atoms with E-state index in [0.717, 1.165) is 57.2 Å². The maximum Gasteiger partial charge on any atom is 0.332 e. The molecule has 0 heterocycles. The molecular formula is C39H44N6O19. The molecule has 0 aromatic heterocycles. The monoisotopic (exact) mass is 900 g/mol. The second kappa shape index (κ2) is 22.5. The SMILES string of the molecule is C[C@@H](O)[C@H](NC(=O)CNC(=O)c1cccc(O)c1O)C(=O)O[C@H](C)[C@H](NC(=O)CNC(=O)c1cccc(O)c1O)C(=O)O[C@H](C)[C@H](NC(=O)CNC(=O)c1cccc(O)c1O)C(=O)O. The largest absolute Gasteiger partial charge is 0.504 e. The number of nitrogens with one attached hydrogen (secondary N) is 6. The summed E-state index contributed by atoms with van der Waals surface area (Å²) in [5.74, 6) is -15.6. The maximum atomic E-state index is 13.6. The Morgan fingerprint density at radius 1 is 0.484 bits per heavy atom. The van der Waals surface area contributed by atoms with Crippen molar-refractivity contribution in [3.8, 4) is 34.5 Å². The first-order valence-electron chi connectivity index (χ1n) is 18.6. The van der Waals surface area contributed by atoms with E-state index in [1.54, 1.807) is 0 Å². The third-order valence-corrected chi connectivity index (χ3v) is 8.76. The van der Waals surface area contributed by atoms with E-state index in [0.29, 0.717) is 0 Å².